The molecule has 0 N–H and O–H groups in total. The van der Waals surface area contributed by atoms with E-state index in [1.807, 2.05) is 0 Å². The van der Waals surface area contributed by atoms with Gasteiger partial charge in [0.2, 0.25) is 0 Å². The Balaban J connectivity index is 3.00. The first-order valence-corrected chi connectivity index (χ1v) is 3.10. The van der Waals surface area contributed by atoms with Gasteiger partial charge in [-0.25, -0.2) is 4.99 Å². The first kappa shape index (κ1) is 8.97. The summed E-state index contributed by atoms with van der Waals surface area (Å²) in [7, 11) is 0. The second kappa shape index (κ2) is 3.09. The van der Waals surface area contributed by atoms with Crippen molar-refractivity contribution in [2.45, 2.75) is 6.04 Å². The van der Waals surface area contributed by atoms with Crippen LogP contribution in [0.25, 0.3) is 0 Å². The van der Waals surface area contributed by atoms with E-state index < -0.39 is 27.5 Å². The van der Waals surface area contributed by atoms with Crippen molar-refractivity contribution < 1.29 is 14.6 Å². The molecule has 8 nitrogen and oxygen atoms in total. The highest BCUT2D eigenvalue weighted by atomic mass is 16.6. The minimum atomic E-state index is -1.39. The summed E-state index contributed by atoms with van der Waals surface area (Å²) >= 11 is 0. The number of aliphatic imine (C=N–C) groups is 1. The van der Waals surface area contributed by atoms with E-state index in [-0.39, 0.29) is 0 Å². The maximum atomic E-state index is 10.7. The predicted molar refractivity (Wildman–Crippen MR) is 39.4 cm³/mol. The molecule has 1 rings (SSSR count). The Morgan fingerprint density at radius 1 is 1.38 bits per heavy atom. The fourth-order valence-electron chi connectivity index (χ4n) is 0.741. The Morgan fingerprint density at radius 2 is 2.00 bits per heavy atom. The lowest BCUT2D eigenvalue weighted by Crippen LogP contribution is -2.26. The maximum Gasteiger partial charge on any atom is 0.347 e. The van der Waals surface area contributed by atoms with Crippen LogP contribution in [-0.2, 0) is 4.79 Å². The molecular weight excluding hydrogens is 182 g/mol. The van der Waals surface area contributed by atoms with Crippen LogP contribution in [0.2, 0.25) is 0 Å². The summed E-state index contributed by atoms with van der Waals surface area (Å²) < 4.78 is 0. The maximum absolute atomic E-state index is 10.7. The zero-order chi connectivity index (χ0) is 10.0. The van der Waals surface area contributed by atoms with Crippen LogP contribution in [0.1, 0.15) is 0 Å². The van der Waals surface area contributed by atoms with Crippen molar-refractivity contribution in [3.8, 4) is 0 Å². The van der Waals surface area contributed by atoms with Gasteiger partial charge in [0.15, 0.2) is 0 Å². The summed E-state index contributed by atoms with van der Waals surface area (Å²) in [5.41, 5.74) is -0.857. The van der Waals surface area contributed by atoms with Gasteiger partial charge in [-0.15, -0.1) is 0 Å². The molecule has 0 saturated carbocycles. The van der Waals surface area contributed by atoms with Crippen molar-refractivity contribution in [3.63, 3.8) is 0 Å². The molecule has 1 aliphatic rings. The van der Waals surface area contributed by atoms with E-state index in [2.05, 4.69) is 4.99 Å². The van der Waals surface area contributed by atoms with Gasteiger partial charge in [0.25, 0.3) is 6.04 Å². The first-order chi connectivity index (χ1) is 6.02. The lowest BCUT2D eigenvalue weighted by atomic mass is 10.2. The molecule has 13 heavy (non-hydrogen) atoms. The van der Waals surface area contributed by atoms with Gasteiger partial charge in [-0.1, -0.05) is 0 Å². The highest BCUT2D eigenvalue weighted by Crippen LogP contribution is 2.07. The van der Waals surface area contributed by atoms with E-state index in [0.29, 0.717) is 6.08 Å². The fraction of sp³-hybridized carbons (Fsp3) is 0.200. The first-order valence-electron chi connectivity index (χ1n) is 3.10. The van der Waals surface area contributed by atoms with Gasteiger partial charge in [-0.2, -0.15) is 0 Å². The van der Waals surface area contributed by atoms with E-state index in [9.17, 15) is 25.0 Å². The molecule has 0 saturated heterocycles. The Morgan fingerprint density at radius 3 is 2.46 bits per heavy atom. The van der Waals surface area contributed by atoms with Gasteiger partial charge < -0.3 is 0 Å². The van der Waals surface area contributed by atoms with Gasteiger partial charge in [0.05, 0.1) is 17.2 Å². The second-order valence-electron chi connectivity index (χ2n) is 2.17. The zero-order valence-corrected chi connectivity index (χ0v) is 6.11. The number of nitro groups is 2. The summed E-state index contributed by atoms with van der Waals surface area (Å²) in [6.07, 6.45) is 1.42. The Kier molecular flexibility index (Phi) is 2.13. The molecule has 68 valence electrons. The lowest BCUT2D eigenvalue weighted by Gasteiger charge is -2.01. The van der Waals surface area contributed by atoms with Gasteiger partial charge in [0.1, 0.15) is 0 Å². The molecule has 0 radical (unpaired) electrons. The van der Waals surface area contributed by atoms with Gasteiger partial charge >= 0.3 is 11.6 Å². The molecule has 1 atom stereocenters. The minimum absolute atomic E-state index is 0.662. The molecule has 0 aliphatic carbocycles. The summed E-state index contributed by atoms with van der Waals surface area (Å²) in [6.45, 7) is 0. The van der Waals surface area contributed by atoms with E-state index in [4.69, 9.17) is 0 Å². The van der Waals surface area contributed by atoms with Crippen LogP contribution in [0.3, 0.4) is 0 Å². The smallest absolute Gasteiger partial charge is 0.264 e. The number of hydrogen-bond acceptors (Lipinski definition) is 5. The normalized spacial score (nSPS) is 21.1. The van der Waals surface area contributed by atoms with Crippen LogP contribution in [0.4, 0.5) is 0 Å². The van der Waals surface area contributed by atoms with Gasteiger partial charge in [-0.3, -0.25) is 25.0 Å². The number of carbonyl (C=O) groups excluding carboxylic acids is 1. The third-order valence-electron chi connectivity index (χ3n) is 1.33. The van der Waals surface area contributed by atoms with E-state index >= 15 is 0 Å². The van der Waals surface area contributed by atoms with E-state index in [1.54, 1.807) is 0 Å². The average Bonchev–Trinajstić information content (AvgIpc) is 2.04. The quantitative estimate of drug-likeness (QED) is 0.420. The molecule has 0 spiro atoms. The van der Waals surface area contributed by atoms with Gasteiger partial charge in [0, 0.05) is 4.92 Å². The average molecular weight is 185 g/mol. The van der Waals surface area contributed by atoms with E-state index in [1.165, 1.54) is 0 Å². The molecule has 0 fully saturated rings. The van der Waals surface area contributed by atoms with Crippen molar-refractivity contribution in [2.24, 2.45) is 4.99 Å². The SMILES string of the molecule is O=C1N=CC([N+](=O)[O-])C=C1[N+](=O)[O-]. The molecule has 1 unspecified atom stereocenters. The van der Waals surface area contributed by atoms with Crippen LogP contribution in [-0.4, -0.2) is 28.0 Å². The lowest BCUT2D eigenvalue weighted by molar-refractivity contribution is -0.492. The number of nitrogens with zero attached hydrogens (tertiary/aromatic N) is 3. The molecule has 0 bridgehead atoms. The van der Waals surface area contributed by atoms with Crippen molar-refractivity contribution in [1.82, 2.24) is 0 Å². The number of dihydropyridines is 1. The highest BCUT2D eigenvalue weighted by Gasteiger charge is 2.31. The van der Waals surface area contributed by atoms with Crippen LogP contribution < -0.4 is 0 Å². The third kappa shape index (κ3) is 1.72. The monoisotopic (exact) mass is 185 g/mol. The van der Waals surface area contributed by atoms with E-state index in [0.717, 1.165) is 6.21 Å². The van der Waals surface area contributed by atoms with Crippen molar-refractivity contribution in [2.75, 3.05) is 0 Å². The largest absolute Gasteiger partial charge is 0.347 e. The Bertz CT molecular complexity index is 344. The molecule has 0 aromatic heterocycles. The van der Waals surface area contributed by atoms with Gasteiger partial charge in [-0.05, 0) is 0 Å². The topological polar surface area (TPSA) is 116 Å². The predicted octanol–water partition coefficient (Wildman–Crippen LogP) is -0.597. The third-order valence-corrected chi connectivity index (χ3v) is 1.33. The molecule has 0 aromatic carbocycles. The Labute approximate surface area is 70.9 Å². The van der Waals surface area contributed by atoms with Crippen molar-refractivity contribution in [1.29, 1.82) is 0 Å². The second-order valence-corrected chi connectivity index (χ2v) is 2.17. The fourth-order valence-corrected chi connectivity index (χ4v) is 0.741. The summed E-state index contributed by atoms with van der Waals surface area (Å²) in [5.74, 6) is -1.07. The molecule has 8 heteroatoms. The number of carbonyl (C=O) groups is 1. The minimum Gasteiger partial charge on any atom is -0.264 e. The standard InChI is InChI=1S/C5H3N3O5/c9-5-4(8(12)13)1-3(2-6-5)7(10)11/h1-3H. The van der Waals surface area contributed by atoms with Crippen molar-refractivity contribution >= 4 is 12.1 Å². The molecule has 1 amide bonds. The van der Waals surface area contributed by atoms with Crippen LogP contribution in [0, 0.1) is 20.2 Å². The molecule has 1 aliphatic heterocycles. The number of rotatable bonds is 2. The molecule has 1 heterocycles. The summed E-state index contributed by atoms with van der Waals surface area (Å²) in [6, 6.07) is -1.39. The molecule has 0 aromatic rings. The zero-order valence-electron chi connectivity index (χ0n) is 6.11. The number of hydrogen-bond donors (Lipinski definition) is 0. The highest BCUT2D eigenvalue weighted by molar-refractivity contribution is 6.00. The number of amides is 1. The van der Waals surface area contributed by atoms with Crippen LogP contribution >= 0.6 is 0 Å². The Hall–Kier alpha value is -2.12. The summed E-state index contributed by atoms with van der Waals surface area (Å²) in [4.78, 5) is 32.2. The summed E-state index contributed by atoms with van der Waals surface area (Å²) in [5, 5.41) is 20.3. The van der Waals surface area contributed by atoms with Crippen LogP contribution in [0.5, 0.6) is 0 Å². The van der Waals surface area contributed by atoms with Crippen molar-refractivity contribution in [3.05, 3.63) is 32.0 Å². The van der Waals surface area contributed by atoms with Crippen LogP contribution in [0.15, 0.2) is 16.8 Å². The molecular formula is C5H3N3O5.